The first-order valence-corrected chi connectivity index (χ1v) is 6.36. The second-order valence-corrected chi connectivity index (χ2v) is 5.05. The zero-order valence-corrected chi connectivity index (χ0v) is 10.4. The third-order valence-electron chi connectivity index (χ3n) is 3.68. The van der Waals surface area contributed by atoms with Crippen LogP contribution < -0.4 is 5.32 Å². The van der Waals surface area contributed by atoms with Crippen LogP contribution in [0.1, 0.15) is 36.9 Å². The molecule has 16 heavy (non-hydrogen) atoms. The summed E-state index contributed by atoms with van der Waals surface area (Å²) in [6.45, 7) is 2.08. The molecule has 2 heteroatoms. The van der Waals surface area contributed by atoms with Crippen molar-refractivity contribution in [3.8, 4) is 0 Å². The largest absolute Gasteiger partial charge is 0.317 e. The van der Waals surface area contributed by atoms with Crippen LogP contribution in [-0.4, -0.2) is 18.1 Å². The number of aromatic nitrogens is 1. The van der Waals surface area contributed by atoms with E-state index >= 15 is 0 Å². The van der Waals surface area contributed by atoms with Gasteiger partial charge in [0.05, 0.1) is 0 Å². The molecule has 1 fully saturated rings. The van der Waals surface area contributed by atoms with E-state index in [0.717, 1.165) is 12.3 Å². The van der Waals surface area contributed by atoms with Crippen molar-refractivity contribution in [2.24, 2.45) is 5.92 Å². The van der Waals surface area contributed by atoms with Gasteiger partial charge in [0.15, 0.2) is 0 Å². The van der Waals surface area contributed by atoms with Crippen molar-refractivity contribution in [2.75, 3.05) is 7.05 Å². The summed E-state index contributed by atoms with van der Waals surface area (Å²) in [5, 5.41) is 3.42. The molecule has 0 saturated heterocycles. The fourth-order valence-corrected chi connectivity index (χ4v) is 2.31. The first kappa shape index (κ1) is 11.6. The third-order valence-corrected chi connectivity index (χ3v) is 3.68. The molecule has 0 amide bonds. The maximum Gasteiger partial charge on any atom is 0.0419 e. The molecule has 88 valence electrons. The van der Waals surface area contributed by atoms with Crippen molar-refractivity contribution in [1.29, 1.82) is 0 Å². The highest BCUT2D eigenvalue weighted by molar-refractivity contribution is 5.13. The lowest BCUT2D eigenvalue weighted by Gasteiger charge is -2.29. The Morgan fingerprint density at radius 1 is 1.44 bits per heavy atom. The summed E-state index contributed by atoms with van der Waals surface area (Å²) >= 11 is 0. The molecule has 0 aliphatic heterocycles. The van der Waals surface area contributed by atoms with Crippen LogP contribution in [0.15, 0.2) is 18.3 Å². The summed E-state index contributed by atoms with van der Waals surface area (Å²) in [4.78, 5) is 4.48. The van der Waals surface area contributed by atoms with E-state index in [-0.39, 0.29) is 0 Å². The van der Waals surface area contributed by atoms with E-state index in [1.54, 1.807) is 0 Å². The lowest BCUT2D eigenvalue weighted by molar-refractivity contribution is 0.263. The first-order chi connectivity index (χ1) is 7.78. The predicted molar refractivity (Wildman–Crippen MR) is 67.5 cm³/mol. The number of nitrogens with zero attached hydrogens (tertiary/aromatic N) is 1. The molecular weight excluding hydrogens is 196 g/mol. The summed E-state index contributed by atoms with van der Waals surface area (Å²) in [6.07, 6.45) is 8.63. The van der Waals surface area contributed by atoms with Gasteiger partial charge in [0, 0.05) is 24.4 Å². The molecule has 1 aliphatic carbocycles. The van der Waals surface area contributed by atoms with Gasteiger partial charge in [-0.25, -0.2) is 0 Å². The quantitative estimate of drug-likeness (QED) is 0.822. The Labute approximate surface area is 98.5 Å². The molecule has 1 N–H and O–H groups in total. The number of likely N-dealkylation sites (N-methyl/N-ethyl adjacent to an activating group) is 1. The summed E-state index contributed by atoms with van der Waals surface area (Å²) < 4.78 is 0. The standard InChI is InChI=1S/C14H22N2/c1-11-6-7-13(16-10-11)9-14(15-2)8-12-4-3-5-12/h6-7,10,12,14-15H,3-5,8-9H2,1-2H3. The number of aryl methyl sites for hydroxylation is 1. The Morgan fingerprint density at radius 2 is 2.25 bits per heavy atom. The van der Waals surface area contributed by atoms with E-state index in [0.29, 0.717) is 6.04 Å². The molecule has 0 radical (unpaired) electrons. The molecule has 1 unspecified atom stereocenters. The van der Waals surface area contributed by atoms with Gasteiger partial charge < -0.3 is 5.32 Å². The normalized spacial score (nSPS) is 18.1. The van der Waals surface area contributed by atoms with Gasteiger partial charge in [0.1, 0.15) is 0 Å². The molecule has 1 saturated carbocycles. The summed E-state index contributed by atoms with van der Waals surface area (Å²) in [5.41, 5.74) is 2.45. The fraction of sp³-hybridized carbons (Fsp3) is 0.643. The molecule has 1 aromatic rings. The molecule has 0 bridgehead atoms. The molecule has 1 heterocycles. The Bertz CT molecular complexity index is 314. The Kier molecular flexibility index (Phi) is 3.94. The number of nitrogens with one attached hydrogen (secondary N) is 1. The average molecular weight is 218 g/mol. The molecule has 1 aromatic heterocycles. The number of rotatable bonds is 5. The highest BCUT2D eigenvalue weighted by Crippen LogP contribution is 2.30. The van der Waals surface area contributed by atoms with E-state index in [1.165, 1.54) is 36.9 Å². The molecule has 2 nitrogen and oxygen atoms in total. The van der Waals surface area contributed by atoms with Crippen LogP contribution in [0.5, 0.6) is 0 Å². The predicted octanol–water partition coefficient (Wildman–Crippen LogP) is 2.71. The Balaban J connectivity index is 1.87. The van der Waals surface area contributed by atoms with Gasteiger partial charge in [0.2, 0.25) is 0 Å². The molecule has 0 spiro atoms. The van der Waals surface area contributed by atoms with Gasteiger partial charge in [-0.1, -0.05) is 25.3 Å². The third kappa shape index (κ3) is 3.05. The van der Waals surface area contributed by atoms with E-state index in [9.17, 15) is 0 Å². The van der Waals surface area contributed by atoms with Gasteiger partial charge in [-0.05, 0) is 37.9 Å². The Hall–Kier alpha value is -0.890. The zero-order valence-electron chi connectivity index (χ0n) is 10.4. The topological polar surface area (TPSA) is 24.9 Å². The molecule has 2 rings (SSSR count). The second-order valence-electron chi connectivity index (χ2n) is 5.05. The van der Waals surface area contributed by atoms with Crippen molar-refractivity contribution in [2.45, 2.75) is 45.1 Å². The number of pyridine rings is 1. The monoisotopic (exact) mass is 218 g/mol. The average Bonchev–Trinajstić information content (AvgIpc) is 2.24. The van der Waals surface area contributed by atoms with Crippen LogP contribution in [0.25, 0.3) is 0 Å². The number of hydrogen-bond acceptors (Lipinski definition) is 2. The SMILES string of the molecule is CNC(Cc1ccc(C)cn1)CC1CCC1. The van der Waals surface area contributed by atoms with Gasteiger partial charge in [-0.15, -0.1) is 0 Å². The minimum atomic E-state index is 0.598. The van der Waals surface area contributed by atoms with Crippen molar-refractivity contribution >= 4 is 0 Å². The summed E-state index contributed by atoms with van der Waals surface area (Å²) in [6, 6.07) is 4.90. The minimum absolute atomic E-state index is 0.598. The van der Waals surface area contributed by atoms with Crippen LogP contribution in [0, 0.1) is 12.8 Å². The highest BCUT2D eigenvalue weighted by atomic mass is 14.9. The zero-order chi connectivity index (χ0) is 11.4. The maximum absolute atomic E-state index is 4.48. The van der Waals surface area contributed by atoms with Crippen LogP contribution in [-0.2, 0) is 6.42 Å². The van der Waals surface area contributed by atoms with Crippen LogP contribution >= 0.6 is 0 Å². The molecular formula is C14H22N2. The lowest BCUT2D eigenvalue weighted by Crippen LogP contribution is -2.32. The molecule has 1 atom stereocenters. The van der Waals surface area contributed by atoms with Crippen LogP contribution in [0.4, 0.5) is 0 Å². The van der Waals surface area contributed by atoms with Crippen molar-refractivity contribution < 1.29 is 0 Å². The minimum Gasteiger partial charge on any atom is -0.317 e. The van der Waals surface area contributed by atoms with Crippen LogP contribution in [0.2, 0.25) is 0 Å². The summed E-state index contributed by atoms with van der Waals surface area (Å²) in [7, 11) is 2.07. The Morgan fingerprint density at radius 3 is 2.75 bits per heavy atom. The summed E-state index contributed by atoms with van der Waals surface area (Å²) in [5.74, 6) is 0.961. The van der Waals surface area contributed by atoms with Crippen molar-refractivity contribution in [3.05, 3.63) is 29.6 Å². The van der Waals surface area contributed by atoms with E-state index < -0.39 is 0 Å². The van der Waals surface area contributed by atoms with Gasteiger partial charge >= 0.3 is 0 Å². The maximum atomic E-state index is 4.48. The van der Waals surface area contributed by atoms with Gasteiger partial charge in [-0.2, -0.15) is 0 Å². The van der Waals surface area contributed by atoms with E-state index in [1.807, 2.05) is 6.20 Å². The van der Waals surface area contributed by atoms with Crippen molar-refractivity contribution in [1.82, 2.24) is 10.3 Å². The molecule has 1 aliphatic rings. The van der Waals surface area contributed by atoms with Gasteiger partial charge in [0.25, 0.3) is 0 Å². The fourth-order valence-electron chi connectivity index (χ4n) is 2.31. The van der Waals surface area contributed by atoms with Crippen molar-refractivity contribution in [3.63, 3.8) is 0 Å². The number of hydrogen-bond donors (Lipinski definition) is 1. The highest BCUT2D eigenvalue weighted by Gasteiger charge is 2.21. The van der Waals surface area contributed by atoms with Crippen LogP contribution in [0.3, 0.4) is 0 Å². The lowest BCUT2D eigenvalue weighted by atomic mass is 9.80. The smallest absolute Gasteiger partial charge is 0.0419 e. The van der Waals surface area contributed by atoms with Gasteiger partial charge in [-0.3, -0.25) is 4.98 Å². The first-order valence-electron chi connectivity index (χ1n) is 6.36. The van der Waals surface area contributed by atoms with E-state index in [2.05, 4.69) is 36.4 Å². The van der Waals surface area contributed by atoms with E-state index in [4.69, 9.17) is 0 Å². The molecule has 0 aromatic carbocycles. The second kappa shape index (κ2) is 5.44.